The number of aromatic hydroxyl groups is 1. The Labute approximate surface area is 415 Å². The molecular weight excluding hydrogens is 945 g/mol. The van der Waals surface area contributed by atoms with E-state index in [1.54, 1.807) is 18.2 Å². The molecule has 0 saturated heterocycles. The van der Waals surface area contributed by atoms with E-state index < -0.39 is 16.9 Å². The minimum absolute atomic E-state index is 0. The number of esters is 1. The van der Waals surface area contributed by atoms with Crippen molar-refractivity contribution in [2.24, 2.45) is 0 Å². The van der Waals surface area contributed by atoms with Crippen LogP contribution in [0.3, 0.4) is 0 Å². The molecule has 8 aromatic carbocycles. The number of methoxy groups -OCH3 is 1. The number of benzene rings is 8. The number of nitrogens with zero attached hydrogens (tertiary/aromatic N) is 6. The second-order valence-electron chi connectivity index (χ2n) is 15.6. The van der Waals surface area contributed by atoms with Crippen LogP contribution in [0.5, 0.6) is 11.5 Å². The zero-order chi connectivity index (χ0) is 47.6. The molecule has 0 aliphatic rings. The van der Waals surface area contributed by atoms with Crippen LogP contribution in [0.4, 0.5) is 0 Å². The van der Waals surface area contributed by atoms with Crippen molar-refractivity contribution in [1.29, 1.82) is 0 Å². The highest BCUT2D eigenvalue weighted by molar-refractivity contribution is 9.09. The Balaban J connectivity index is 0.000000185. The van der Waals surface area contributed by atoms with Gasteiger partial charge in [-0.25, -0.2) is 4.79 Å². The van der Waals surface area contributed by atoms with Crippen molar-refractivity contribution < 1.29 is 29.3 Å². The van der Waals surface area contributed by atoms with E-state index >= 15 is 0 Å². The highest BCUT2D eigenvalue weighted by atomic mass is 79.9. The molecular formula is C57H53BrN6O6. The van der Waals surface area contributed by atoms with Crippen LogP contribution >= 0.6 is 15.9 Å². The van der Waals surface area contributed by atoms with Crippen molar-refractivity contribution in [3.63, 3.8) is 0 Å². The van der Waals surface area contributed by atoms with E-state index in [2.05, 4.69) is 36.3 Å². The molecule has 0 amide bonds. The number of aryl methyl sites for hydroxylation is 2. The maximum absolute atomic E-state index is 12.2. The zero-order valence-corrected chi connectivity index (χ0v) is 38.8. The van der Waals surface area contributed by atoms with Gasteiger partial charge in [0.1, 0.15) is 49.8 Å². The monoisotopic (exact) mass is 996 g/mol. The summed E-state index contributed by atoms with van der Waals surface area (Å²) in [5, 5.41) is 37.6. The first kappa shape index (κ1) is 51.0. The summed E-state index contributed by atoms with van der Waals surface area (Å²) in [4.78, 5) is 26.3. The summed E-state index contributed by atoms with van der Waals surface area (Å²) >= 11 is 3.34. The molecule has 2 unspecified atom stereocenters. The molecule has 0 spiro atoms. The maximum atomic E-state index is 12.2. The number of ether oxygens (including phenoxy) is 2. The van der Waals surface area contributed by atoms with Gasteiger partial charge in [-0.15, -0.1) is 30.0 Å². The number of aromatic nitrogens is 6. The van der Waals surface area contributed by atoms with Crippen LogP contribution in [0, 0.1) is 13.8 Å². The third-order valence-electron chi connectivity index (χ3n) is 10.7. The maximum Gasteiger partial charge on any atom is 0.349 e. The number of rotatable bonds is 10. The van der Waals surface area contributed by atoms with E-state index in [1.807, 2.05) is 190 Å². The lowest BCUT2D eigenvalue weighted by Gasteiger charge is -2.18. The number of carbonyl (C=O) groups is 2. The number of halogens is 1. The van der Waals surface area contributed by atoms with Gasteiger partial charge in [-0.05, 0) is 113 Å². The van der Waals surface area contributed by atoms with Gasteiger partial charge >= 0.3 is 11.9 Å². The molecule has 0 fully saturated rings. The lowest BCUT2D eigenvalue weighted by atomic mass is 10.0. The number of carbonyl (C=O) groups excluding carboxylic acids is 1. The standard InChI is InChI=1S/C27H21N3O3.C15H13BrO2.C13H11N3O.2CH4/c1-18-14-15-25(24(16-18)30-28-22-12-5-6-13-23(22)29-30)33-26(27(31)32)21-11-7-10-20(17-21)19-8-3-2-4-9-19;1-18-15(17)14(16)13-9-5-8-12(10-13)11-6-3-2-4-7-11;1-9-6-7-13(17)12(8-9)16-14-10-4-2-3-5-11(10)15-16;;/h2-17,26H,1H3,(H,31,32);2-10,14H,1H3;2-8,17H,1H3;2*1H4. The van der Waals surface area contributed by atoms with Crippen LogP contribution < -0.4 is 4.74 Å². The molecule has 2 heterocycles. The Hall–Kier alpha value is -8.42. The summed E-state index contributed by atoms with van der Waals surface area (Å²) < 4.78 is 10.8. The summed E-state index contributed by atoms with van der Waals surface area (Å²) in [6.45, 7) is 3.92. The number of phenolic OH excluding ortho intramolecular Hbond substituents is 1. The molecule has 0 saturated carbocycles. The average Bonchev–Trinajstić information content (AvgIpc) is 4.02. The van der Waals surface area contributed by atoms with Crippen LogP contribution in [0.15, 0.2) is 194 Å². The van der Waals surface area contributed by atoms with Gasteiger partial charge in [-0.2, -0.15) is 0 Å². The molecule has 12 nitrogen and oxygen atoms in total. The van der Waals surface area contributed by atoms with Gasteiger partial charge < -0.3 is 19.7 Å². The van der Waals surface area contributed by atoms with Gasteiger partial charge in [0, 0.05) is 5.56 Å². The lowest BCUT2D eigenvalue weighted by Crippen LogP contribution is -2.19. The molecule has 354 valence electrons. The lowest BCUT2D eigenvalue weighted by molar-refractivity contribution is -0.145. The molecule has 0 aliphatic heterocycles. The topological polar surface area (TPSA) is 154 Å². The van der Waals surface area contributed by atoms with E-state index in [-0.39, 0.29) is 26.6 Å². The normalized spacial score (nSPS) is 11.3. The number of phenols is 1. The molecule has 0 aliphatic carbocycles. The number of carboxylic acids is 1. The van der Waals surface area contributed by atoms with Crippen LogP contribution in [-0.4, -0.2) is 59.2 Å². The molecule has 0 radical (unpaired) electrons. The Kier molecular flexibility index (Phi) is 17.1. The van der Waals surface area contributed by atoms with Crippen LogP contribution in [0.25, 0.3) is 55.7 Å². The summed E-state index contributed by atoms with van der Waals surface area (Å²) in [7, 11) is 1.39. The molecule has 10 aromatic rings. The Morgan fingerprint density at radius 2 is 0.929 bits per heavy atom. The average molecular weight is 998 g/mol. The van der Waals surface area contributed by atoms with Gasteiger partial charge in [0.15, 0.2) is 0 Å². The fourth-order valence-electron chi connectivity index (χ4n) is 7.26. The van der Waals surface area contributed by atoms with Gasteiger partial charge in [0.25, 0.3) is 0 Å². The van der Waals surface area contributed by atoms with Crippen LogP contribution in [-0.2, 0) is 14.3 Å². The molecule has 2 atom stereocenters. The van der Waals surface area contributed by atoms with Crippen molar-refractivity contribution in [3.05, 3.63) is 216 Å². The Morgan fingerprint density at radius 3 is 1.41 bits per heavy atom. The number of alkyl halides is 1. The highest BCUT2D eigenvalue weighted by Crippen LogP contribution is 2.32. The van der Waals surface area contributed by atoms with Gasteiger partial charge in [0.05, 0.1) is 7.11 Å². The van der Waals surface area contributed by atoms with E-state index in [4.69, 9.17) is 9.47 Å². The van der Waals surface area contributed by atoms with Gasteiger partial charge in [0.2, 0.25) is 6.10 Å². The molecule has 2 aromatic heterocycles. The quantitative estimate of drug-likeness (QED) is 0.0999. The summed E-state index contributed by atoms with van der Waals surface area (Å²) in [5.41, 5.74) is 11.9. The summed E-state index contributed by atoms with van der Waals surface area (Å²) in [5.74, 6) is -0.806. The highest BCUT2D eigenvalue weighted by Gasteiger charge is 2.25. The number of aliphatic carboxylic acids is 1. The van der Waals surface area contributed by atoms with Crippen molar-refractivity contribution >= 4 is 49.9 Å². The van der Waals surface area contributed by atoms with Crippen molar-refractivity contribution in [1.82, 2.24) is 30.0 Å². The van der Waals surface area contributed by atoms with E-state index in [1.165, 1.54) is 16.7 Å². The van der Waals surface area contributed by atoms with Crippen LogP contribution in [0.1, 0.15) is 48.0 Å². The first-order valence-electron chi connectivity index (χ1n) is 21.5. The Morgan fingerprint density at radius 1 is 0.514 bits per heavy atom. The van der Waals surface area contributed by atoms with E-state index in [0.717, 1.165) is 61.0 Å². The zero-order valence-electron chi connectivity index (χ0n) is 37.2. The third kappa shape index (κ3) is 12.2. The fraction of sp³-hybridized carbons (Fsp3) is 0.123. The van der Waals surface area contributed by atoms with Gasteiger partial charge in [-0.1, -0.05) is 164 Å². The molecule has 0 bridgehead atoms. The number of hydrogen-bond donors (Lipinski definition) is 2. The minimum atomic E-state index is -1.19. The predicted molar refractivity (Wildman–Crippen MR) is 281 cm³/mol. The van der Waals surface area contributed by atoms with Crippen molar-refractivity contribution in [2.75, 3.05) is 7.11 Å². The van der Waals surface area contributed by atoms with Crippen molar-refractivity contribution in [3.8, 4) is 45.1 Å². The second kappa shape index (κ2) is 23.5. The molecule has 70 heavy (non-hydrogen) atoms. The molecule has 2 N–H and O–H groups in total. The molecule has 13 heteroatoms. The number of hydrogen-bond acceptors (Lipinski definition) is 9. The third-order valence-corrected chi connectivity index (χ3v) is 11.6. The number of fused-ring (bicyclic) bond motifs is 2. The SMILES string of the molecule is C.C.COC(=O)C(Br)c1cccc(-c2ccccc2)c1.Cc1ccc(O)c(-n2nc3ccccc3n2)c1.Cc1ccc(OC(C(=O)O)c2cccc(-c3ccccc3)c2)c(-n2nc3ccccc3n2)c1. The van der Waals surface area contributed by atoms with Gasteiger partial charge in [-0.3, -0.25) is 4.79 Å². The van der Waals surface area contributed by atoms with E-state index in [9.17, 15) is 19.8 Å². The minimum Gasteiger partial charge on any atom is -0.506 e. The number of carboxylic acid groups (broad SMARTS) is 1. The molecule has 10 rings (SSSR count). The second-order valence-corrected chi connectivity index (χ2v) is 16.5. The van der Waals surface area contributed by atoms with E-state index in [0.29, 0.717) is 22.7 Å². The van der Waals surface area contributed by atoms with Crippen molar-refractivity contribution in [2.45, 2.75) is 39.6 Å². The fourth-order valence-corrected chi connectivity index (χ4v) is 7.73. The predicted octanol–water partition coefficient (Wildman–Crippen LogP) is 13.3. The van der Waals surface area contributed by atoms with Crippen LogP contribution in [0.2, 0.25) is 0 Å². The smallest absolute Gasteiger partial charge is 0.349 e. The summed E-state index contributed by atoms with van der Waals surface area (Å²) in [6.07, 6.45) is -1.19. The first-order chi connectivity index (χ1) is 33.0. The largest absolute Gasteiger partial charge is 0.506 e. The summed E-state index contributed by atoms with van der Waals surface area (Å²) in [6, 6.07) is 61.2. The Bertz CT molecular complexity index is 3270. The first-order valence-corrected chi connectivity index (χ1v) is 22.4.